The topological polar surface area (TPSA) is 84.9 Å². The maximum atomic E-state index is 13.3. The minimum atomic E-state index is -0.825. The molecule has 3 aromatic carbocycles. The molecule has 0 radical (unpaired) electrons. The van der Waals surface area contributed by atoms with Gasteiger partial charge in [0.05, 0.1) is 19.4 Å². The number of nitrogens with zero attached hydrogens (tertiary/aromatic N) is 1. The van der Waals surface area contributed by atoms with Crippen LogP contribution in [-0.2, 0) is 16.0 Å². The summed E-state index contributed by atoms with van der Waals surface area (Å²) in [7, 11) is 1.52. The molecule has 1 aliphatic rings. The number of ether oxygens (including phenoxy) is 2. The maximum absolute atomic E-state index is 13.3. The fourth-order valence-electron chi connectivity index (χ4n) is 4.34. The smallest absolute Gasteiger partial charge is 0.335 e. The third kappa shape index (κ3) is 5.67. The maximum Gasteiger partial charge on any atom is 0.335 e. The third-order valence-electron chi connectivity index (χ3n) is 5.88. The molecule has 3 aromatic rings. The molecule has 0 atom stereocenters. The lowest BCUT2D eigenvalue weighted by atomic mass is 9.98. The van der Waals surface area contributed by atoms with Gasteiger partial charge in [-0.05, 0) is 74.4 Å². The Bertz CT molecular complexity index is 1390. The standard InChI is InChI=1S/C29H27ClN2O5/c1-5-37-26-16-20(15-25(30)23(26)13-19-11-17(2)10-18(3)12-19)14-24-27(33)31-29(35)32(28(24)34)21-6-8-22(36-4)9-7-21/h6-12,14-16H,5,13H2,1-4H3,(H,31,33,35)/b24-14+. The number of amides is 4. The minimum Gasteiger partial charge on any atom is -0.497 e. The average Bonchev–Trinajstić information content (AvgIpc) is 2.84. The van der Waals surface area contributed by atoms with E-state index in [1.807, 2.05) is 20.8 Å². The molecule has 0 spiro atoms. The molecular formula is C29H27ClN2O5. The number of rotatable bonds is 7. The van der Waals surface area contributed by atoms with Crippen LogP contribution in [0.5, 0.6) is 11.5 Å². The Hall–Kier alpha value is -4.10. The van der Waals surface area contributed by atoms with Gasteiger partial charge >= 0.3 is 6.03 Å². The first-order valence-electron chi connectivity index (χ1n) is 11.8. The molecular weight excluding hydrogens is 492 g/mol. The molecule has 0 saturated carbocycles. The van der Waals surface area contributed by atoms with Crippen molar-refractivity contribution in [3.63, 3.8) is 0 Å². The number of halogens is 1. The number of nitrogens with one attached hydrogen (secondary N) is 1. The molecule has 190 valence electrons. The van der Waals surface area contributed by atoms with Crippen molar-refractivity contribution in [3.05, 3.63) is 93.0 Å². The van der Waals surface area contributed by atoms with Crippen LogP contribution in [0.3, 0.4) is 0 Å². The van der Waals surface area contributed by atoms with Gasteiger partial charge < -0.3 is 9.47 Å². The molecule has 8 heteroatoms. The van der Waals surface area contributed by atoms with Crippen LogP contribution < -0.4 is 19.7 Å². The Balaban J connectivity index is 1.71. The monoisotopic (exact) mass is 518 g/mol. The summed E-state index contributed by atoms with van der Waals surface area (Å²) in [6.45, 7) is 6.37. The number of hydrogen-bond acceptors (Lipinski definition) is 5. The van der Waals surface area contributed by atoms with E-state index in [2.05, 4.69) is 23.5 Å². The van der Waals surface area contributed by atoms with Crippen molar-refractivity contribution in [1.29, 1.82) is 0 Å². The molecule has 1 aliphatic heterocycles. The number of carbonyl (C=O) groups is 3. The van der Waals surface area contributed by atoms with E-state index in [1.54, 1.807) is 36.4 Å². The number of aryl methyl sites for hydroxylation is 2. The summed E-state index contributed by atoms with van der Waals surface area (Å²) in [5, 5.41) is 2.68. The van der Waals surface area contributed by atoms with Gasteiger partial charge in [0.15, 0.2) is 0 Å². The molecule has 0 bridgehead atoms. The number of benzene rings is 3. The largest absolute Gasteiger partial charge is 0.497 e. The highest BCUT2D eigenvalue weighted by Crippen LogP contribution is 2.33. The van der Waals surface area contributed by atoms with Crippen molar-refractivity contribution in [2.75, 3.05) is 18.6 Å². The Morgan fingerprint density at radius 3 is 2.27 bits per heavy atom. The number of methoxy groups -OCH3 is 1. The van der Waals surface area contributed by atoms with Gasteiger partial charge in [-0.1, -0.05) is 40.9 Å². The van der Waals surface area contributed by atoms with Gasteiger partial charge in [-0.3, -0.25) is 14.9 Å². The fraction of sp³-hybridized carbons (Fsp3) is 0.207. The number of carbonyl (C=O) groups excluding carboxylic acids is 3. The molecule has 4 amide bonds. The zero-order chi connectivity index (χ0) is 26.7. The van der Waals surface area contributed by atoms with Gasteiger partial charge in [0.25, 0.3) is 11.8 Å². The van der Waals surface area contributed by atoms with Crippen molar-refractivity contribution in [1.82, 2.24) is 5.32 Å². The Labute approximate surface area is 220 Å². The minimum absolute atomic E-state index is 0.198. The highest BCUT2D eigenvalue weighted by molar-refractivity contribution is 6.39. The van der Waals surface area contributed by atoms with E-state index >= 15 is 0 Å². The van der Waals surface area contributed by atoms with Crippen LogP contribution >= 0.6 is 11.6 Å². The van der Waals surface area contributed by atoms with Crippen LogP contribution in [0.4, 0.5) is 10.5 Å². The average molecular weight is 519 g/mol. The zero-order valence-corrected chi connectivity index (χ0v) is 21.8. The molecule has 1 heterocycles. The van der Waals surface area contributed by atoms with Crippen molar-refractivity contribution in [2.24, 2.45) is 0 Å². The quantitative estimate of drug-likeness (QED) is 0.324. The van der Waals surface area contributed by atoms with Crippen molar-refractivity contribution < 1.29 is 23.9 Å². The van der Waals surface area contributed by atoms with Gasteiger partial charge in [0, 0.05) is 17.0 Å². The number of urea groups is 1. The predicted molar refractivity (Wildman–Crippen MR) is 143 cm³/mol. The van der Waals surface area contributed by atoms with E-state index in [-0.39, 0.29) is 5.57 Å². The fourth-order valence-corrected chi connectivity index (χ4v) is 4.62. The summed E-state index contributed by atoms with van der Waals surface area (Å²) >= 11 is 6.70. The summed E-state index contributed by atoms with van der Waals surface area (Å²) in [6.07, 6.45) is 1.97. The summed E-state index contributed by atoms with van der Waals surface area (Å²) in [4.78, 5) is 39.3. The number of hydrogen-bond donors (Lipinski definition) is 1. The van der Waals surface area contributed by atoms with E-state index in [4.69, 9.17) is 21.1 Å². The van der Waals surface area contributed by atoms with Gasteiger partial charge in [0.1, 0.15) is 17.1 Å². The lowest BCUT2D eigenvalue weighted by Crippen LogP contribution is -2.54. The first-order valence-corrected chi connectivity index (χ1v) is 12.2. The predicted octanol–water partition coefficient (Wildman–Crippen LogP) is 5.62. The molecule has 0 unspecified atom stereocenters. The SMILES string of the molecule is CCOc1cc(/C=C2\C(=O)NC(=O)N(c3ccc(OC)cc3)C2=O)cc(Cl)c1Cc1cc(C)cc(C)c1. The molecule has 0 aromatic heterocycles. The number of barbiturate groups is 1. The summed E-state index contributed by atoms with van der Waals surface area (Å²) in [6, 6.07) is 15.3. The molecule has 1 fully saturated rings. The molecule has 1 N–H and O–H groups in total. The van der Waals surface area contributed by atoms with Crippen LogP contribution in [0.25, 0.3) is 6.08 Å². The lowest BCUT2D eigenvalue weighted by molar-refractivity contribution is -0.122. The highest BCUT2D eigenvalue weighted by Gasteiger charge is 2.36. The van der Waals surface area contributed by atoms with E-state index < -0.39 is 17.8 Å². The van der Waals surface area contributed by atoms with E-state index in [0.29, 0.717) is 40.8 Å². The van der Waals surface area contributed by atoms with E-state index in [0.717, 1.165) is 27.2 Å². The zero-order valence-electron chi connectivity index (χ0n) is 21.1. The van der Waals surface area contributed by atoms with Crippen LogP contribution in [0.1, 0.15) is 34.7 Å². The Morgan fingerprint density at radius 2 is 1.65 bits per heavy atom. The first-order chi connectivity index (χ1) is 17.7. The number of imide groups is 2. The van der Waals surface area contributed by atoms with E-state index in [1.165, 1.54) is 13.2 Å². The molecule has 0 aliphatic carbocycles. The summed E-state index contributed by atoms with van der Waals surface area (Å²) in [5.41, 5.74) is 4.83. The van der Waals surface area contributed by atoms with Crippen LogP contribution in [0.15, 0.2) is 60.2 Å². The van der Waals surface area contributed by atoms with Gasteiger partial charge in [-0.15, -0.1) is 0 Å². The summed E-state index contributed by atoms with van der Waals surface area (Å²) < 4.78 is 11.0. The second kappa shape index (κ2) is 10.9. The van der Waals surface area contributed by atoms with Crippen molar-refractivity contribution in [2.45, 2.75) is 27.2 Å². The normalized spacial score (nSPS) is 14.7. The highest BCUT2D eigenvalue weighted by atomic mass is 35.5. The van der Waals surface area contributed by atoms with Crippen LogP contribution in [0.2, 0.25) is 5.02 Å². The number of anilines is 1. The Morgan fingerprint density at radius 1 is 0.973 bits per heavy atom. The van der Waals surface area contributed by atoms with Crippen molar-refractivity contribution in [3.8, 4) is 11.5 Å². The van der Waals surface area contributed by atoms with E-state index in [9.17, 15) is 14.4 Å². The second-order valence-corrected chi connectivity index (χ2v) is 9.15. The third-order valence-corrected chi connectivity index (χ3v) is 6.22. The molecule has 4 rings (SSSR count). The van der Waals surface area contributed by atoms with Crippen LogP contribution in [0, 0.1) is 13.8 Å². The second-order valence-electron chi connectivity index (χ2n) is 8.74. The van der Waals surface area contributed by atoms with Gasteiger partial charge in [0.2, 0.25) is 0 Å². The van der Waals surface area contributed by atoms with Crippen LogP contribution in [-0.4, -0.2) is 31.6 Å². The van der Waals surface area contributed by atoms with Crippen molar-refractivity contribution >= 4 is 41.2 Å². The van der Waals surface area contributed by atoms with Gasteiger partial charge in [-0.25, -0.2) is 9.69 Å². The summed E-state index contributed by atoms with van der Waals surface area (Å²) in [5.74, 6) is -0.396. The first kappa shape index (κ1) is 26.0. The molecule has 37 heavy (non-hydrogen) atoms. The molecule has 1 saturated heterocycles. The lowest BCUT2D eigenvalue weighted by Gasteiger charge is -2.26. The molecule has 7 nitrogen and oxygen atoms in total. The Kier molecular flexibility index (Phi) is 7.64. The van der Waals surface area contributed by atoms with Gasteiger partial charge in [-0.2, -0.15) is 0 Å².